The molecule has 9 nitrogen and oxygen atoms in total. The normalized spacial score (nSPS) is 10.7. The van der Waals surface area contributed by atoms with Gasteiger partial charge in [0.1, 0.15) is 11.9 Å². The SMILES string of the molecule is Cc1ccccc1Cn1ccc(NC(=O)CCn2ncc([N+](=O)[O-])c2C)n1. The van der Waals surface area contributed by atoms with Gasteiger partial charge in [0.15, 0.2) is 5.82 Å². The molecule has 0 unspecified atom stereocenters. The van der Waals surface area contributed by atoms with E-state index < -0.39 is 4.92 Å². The van der Waals surface area contributed by atoms with Crippen LogP contribution in [0.3, 0.4) is 0 Å². The Morgan fingerprint density at radius 1 is 1.26 bits per heavy atom. The number of nitro groups is 1. The van der Waals surface area contributed by atoms with Gasteiger partial charge in [-0.05, 0) is 25.0 Å². The maximum absolute atomic E-state index is 12.1. The van der Waals surface area contributed by atoms with Crippen LogP contribution >= 0.6 is 0 Å². The summed E-state index contributed by atoms with van der Waals surface area (Å²) in [5.74, 6) is 0.241. The summed E-state index contributed by atoms with van der Waals surface area (Å²) in [6, 6.07) is 9.80. The number of rotatable bonds is 7. The minimum atomic E-state index is -0.486. The molecule has 3 aromatic rings. The molecule has 1 aromatic carbocycles. The predicted molar refractivity (Wildman–Crippen MR) is 99.4 cm³/mol. The van der Waals surface area contributed by atoms with Gasteiger partial charge >= 0.3 is 5.69 Å². The van der Waals surface area contributed by atoms with Crippen LogP contribution in [-0.4, -0.2) is 30.4 Å². The van der Waals surface area contributed by atoms with Gasteiger partial charge in [-0.1, -0.05) is 24.3 Å². The Kier molecular flexibility index (Phi) is 5.30. The van der Waals surface area contributed by atoms with Gasteiger partial charge in [-0.15, -0.1) is 0 Å². The first-order chi connectivity index (χ1) is 12.9. The predicted octanol–water partition coefficient (Wildman–Crippen LogP) is 2.68. The van der Waals surface area contributed by atoms with E-state index in [-0.39, 0.29) is 24.6 Å². The summed E-state index contributed by atoms with van der Waals surface area (Å²) in [5.41, 5.74) is 2.72. The number of nitrogens with zero attached hydrogens (tertiary/aromatic N) is 5. The number of carbonyl (C=O) groups is 1. The largest absolute Gasteiger partial charge is 0.309 e. The summed E-state index contributed by atoms with van der Waals surface area (Å²) in [7, 11) is 0. The van der Waals surface area contributed by atoms with Crippen LogP contribution in [0.25, 0.3) is 0 Å². The monoisotopic (exact) mass is 368 g/mol. The molecule has 0 bridgehead atoms. The number of carbonyl (C=O) groups excluding carboxylic acids is 1. The Morgan fingerprint density at radius 3 is 2.74 bits per heavy atom. The number of benzene rings is 1. The molecule has 0 aliphatic heterocycles. The van der Waals surface area contributed by atoms with Crippen molar-refractivity contribution in [1.82, 2.24) is 19.6 Å². The molecule has 2 heterocycles. The number of hydrogen-bond donors (Lipinski definition) is 1. The number of nitrogens with one attached hydrogen (secondary N) is 1. The van der Waals surface area contributed by atoms with Crippen LogP contribution in [0.4, 0.5) is 11.5 Å². The molecule has 9 heteroatoms. The molecule has 140 valence electrons. The number of aromatic nitrogens is 4. The third-order valence-corrected chi connectivity index (χ3v) is 4.33. The van der Waals surface area contributed by atoms with Crippen molar-refractivity contribution in [2.45, 2.75) is 33.4 Å². The van der Waals surface area contributed by atoms with Crippen molar-refractivity contribution in [3.8, 4) is 0 Å². The van der Waals surface area contributed by atoms with E-state index in [1.54, 1.807) is 17.7 Å². The summed E-state index contributed by atoms with van der Waals surface area (Å²) in [4.78, 5) is 22.5. The topological polar surface area (TPSA) is 108 Å². The van der Waals surface area contributed by atoms with E-state index in [1.165, 1.54) is 16.4 Å². The summed E-state index contributed by atoms with van der Waals surface area (Å²) in [6.45, 7) is 4.54. The second kappa shape index (κ2) is 7.81. The van der Waals surface area contributed by atoms with Gasteiger partial charge in [-0.25, -0.2) is 0 Å². The third-order valence-electron chi connectivity index (χ3n) is 4.33. The lowest BCUT2D eigenvalue weighted by atomic mass is 10.1. The molecule has 1 N–H and O–H groups in total. The van der Waals surface area contributed by atoms with Crippen molar-refractivity contribution in [3.63, 3.8) is 0 Å². The Labute approximate surface area is 155 Å². The molecule has 0 aliphatic rings. The Morgan fingerprint density at radius 2 is 2.04 bits per heavy atom. The second-order valence-electron chi connectivity index (χ2n) is 6.22. The average molecular weight is 368 g/mol. The number of aryl methyl sites for hydroxylation is 2. The molecule has 0 saturated heterocycles. The highest BCUT2D eigenvalue weighted by Gasteiger charge is 2.16. The summed E-state index contributed by atoms with van der Waals surface area (Å²) in [6.07, 6.45) is 3.15. The lowest BCUT2D eigenvalue weighted by Gasteiger charge is -2.06. The zero-order valence-electron chi connectivity index (χ0n) is 15.1. The lowest BCUT2D eigenvalue weighted by Crippen LogP contribution is -2.16. The molecular formula is C18H20N6O3. The fraction of sp³-hybridized carbons (Fsp3) is 0.278. The second-order valence-corrected chi connectivity index (χ2v) is 6.22. The number of amides is 1. The first-order valence-corrected chi connectivity index (χ1v) is 8.48. The van der Waals surface area contributed by atoms with Crippen LogP contribution in [0, 0.1) is 24.0 Å². The Bertz CT molecular complexity index is 975. The van der Waals surface area contributed by atoms with Gasteiger partial charge in [0.05, 0.1) is 18.0 Å². The van der Waals surface area contributed by atoms with Gasteiger partial charge in [0.2, 0.25) is 5.91 Å². The van der Waals surface area contributed by atoms with E-state index in [4.69, 9.17) is 0 Å². The summed E-state index contributed by atoms with van der Waals surface area (Å²) in [5, 5.41) is 21.9. The standard InChI is InChI=1S/C18H20N6O3/c1-13-5-3-4-6-15(13)12-22-9-7-17(21-22)20-18(25)8-10-23-14(2)16(11-19-23)24(26)27/h3-7,9,11H,8,10,12H2,1-2H3,(H,20,21,25). The quantitative estimate of drug-likeness (QED) is 0.509. The van der Waals surface area contributed by atoms with E-state index in [2.05, 4.69) is 15.5 Å². The fourth-order valence-electron chi connectivity index (χ4n) is 2.73. The highest BCUT2D eigenvalue weighted by molar-refractivity contribution is 5.89. The van der Waals surface area contributed by atoms with Crippen LogP contribution in [0.5, 0.6) is 0 Å². The van der Waals surface area contributed by atoms with Crippen LogP contribution in [-0.2, 0) is 17.9 Å². The third kappa shape index (κ3) is 4.38. The molecule has 0 aliphatic carbocycles. The van der Waals surface area contributed by atoms with E-state index >= 15 is 0 Å². The lowest BCUT2D eigenvalue weighted by molar-refractivity contribution is -0.385. The van der Waals surface area contributed by atoms with Crippen LogP contribution in [0.15, 0.2) is 42.7 Å². The highest BCUT2D eigenvalue weighted by Crippen LogP contribution is 2.16. The van der Waals surface area contributed by atoms with E-state index in [0.29, 0.717) is 18.1 Å². The van der Waals surface area contributed by atoms with Crippen LogP contribution in [0.2, 0.25) is 0 Å². The summed E-state index contributed by atoms with van der Waals surface area (Å²) >= 11 is 0. The maximum Gasteiger partial charge on any atom is 0.309 e. The van der Waals surface area contributed by atoms with E-state index in [1.807, 2.05) is 37.4 Å². The minimum absolute atomic E-state index is 0.0506. The first-order valence-electron chi connectivity index (χ1n) is 8.48. The van der Waals surface area contributed by atoms with Crippen LogP contribution in [0.1, 0.15) is 23.2 Å². The fourth-order valence-corrected chi connectivity index (χ4v) is 2.73. The molecule has 1 amide bonds. The molecule has 0 atom stereocenters. The highest BCUT2D eigenvalue weighted by atomic mass is 16.6. The molecule has 3 rings (SSSR count). The molecule has 2 aromatic heterocycles. The average Bonchev–Trinajstić information content (AvgIpc) is 3.21. The van der Waals surface area contributed by atoms with E-state index in [9.17, 15) is 14.9 Å². The Balaban J connectivity index is 1.55. The van der Waals surface area contributed by atoms with Crippen molar-refractivity contribution in [2.24, 2.45) is 0 Å². The minimum Gasteiger partial charge on any atom is -0.309 e. The first kappa shape index (κ1) is 18.3. The molecule has 27 heavy (non-hydrogen) atoms. The van der Waals surface area contributed by atoms with Crippen molar-refractivity contribution in [3.05, 3.63) is 69.7 Å². The van der Waals surface area contributed by atoms with Gasteiger partial charge in [0, 0.05) is 18.7 Å². The Hall–Kier alpha value is -3.49. The van der Waals surface area contributed by atoms with E-state index in [0.717, 1.165) is 5.56 Å². The number of anilines is 1. The van der Waals surface area contributed by atoms with Gasteiger partial charge in [-0.2, -0.15) is 10.2 Å². The molecular weight excluding hydrogens is 348 g/mol. The van der Waals surface area contributed by atoms with Crippen molar-refractivity contribution in [2.75, 3.05) is 5.32 Å². The maximum atomic E-state index is 12.1. The van der Waals surface area contributed by atoms with Gasteiger partial charge in [0.25, 0.3) is 0 Å². The molecule has 0 fully saturated rings. The zero-order chi connectivity index (χ0) is 19.4. The van der Waals surface area contributed by atoms with Crippen molar-refractivity contribution in [1.29, 1.82) is 0 Å². The van der Waals surface area contributed by atoms with Crippen molar-refractivity contribution < 1.29 is 9.72 Å². The smallest absolute Gasteiger partial charge is 0.309 e. The molecule has 0 saturated carbocycles. The van der Waals surface area contributed by atoms with Crippen molar-refractivity contribution >= 4 is 17.4 Å². The van der Waals surface area contributed by atoms with Gasteiger partial charge in [-0.3, -0.25) is 24.3 Å². The van der Waals surface area contributed by atoms with Crippen LogP contribution < -0.4 is 5.32 Å². The summed E-state index contributed by atoms with van der Waals surface area (Å²) < 4.78 is 3.22. The zero-order valence-corrected chi connectivity index (χ0v) is 15.1. The van der Waals surface area contributed by atoms with Gasteiger partial charge < -0.3 is 5.32 Å². The molecule has 0 spiro atoms. The number of hydrogen-bond acceptors (Lipinski definition) is 5. The molecule has 0 radical (unpaired) electrons.